The summed E-state index contributed by atoms with van der Waals surface area (Å²) in [7, 11) is 0. The van der Waals surface area contributed by atoms with Crippen molar-refractivity contribution in [1.82, 2.24) is 15.4 Å². The maximum Gasteiger partial charge on any atom is 1.00 e. The van der Waals surface area contributed by atoms with Crippen molar-refractivity contribution < 1.29 is 28.8 Å². The summed E-state index contributed by atoms with van der Waals surface area (Å²) < 4.78 is 0. The standard InChI is InChI=1S/C7H5N3O2.Li/c11-7(12)4-2-1-3-5-6(4)9-10-8-5;/h1-3H,(H,11,12)(H,8,9,10);/q;+1/p-1. The number of para-hydroxylation sites is 1. The van der Waals surface area contributed by atoms with E-state index in [0.717, 1.165) is 0 Å². The predicted octanol–water partition coefficient (Wildman–Crippen LogP) is -3.67. The fourth-order valence-corrected chi connectivity index (χ4v) is 1.03. The number of aromatic nitrogens is 3. The number of H-pyrrole nitrogens is 1. The van der Waals surface area contributed by atoms with E-state index in [1.165, 1.54) is 6.07 Å². The summed E-state index contributed by atoms with van der Waals surface area (Å²) in [5.74, 6) is -1.24. The van der Waals surface area contributed by atoms with Gasteiger partial charge in [0.25, 0.3) is 0 Å². The Morgan fingerprint density at radius 3 is 2.85 bits per heavy atom. The Hall–Kier alpha value is -1.31. The van der Waals surface area contributed by atoms with Crippen LogP contribution in [0.25, 0.3) is 11.0 Å². The van der Waals surface area contributed by atoms with Crippen LogP contribution in [-0.2, 0) is 0 Å². The van der Waals surface area contributed by atoms with Crippen LogP contribution >= 0.6 is 0 Å². The van der Waals surface area contributed by atoms with E-state index in [1.807, 2.05) is 0 Å². The Balaban J connectivity index is 0.000000845. The fraction of sp³-hybridized carbons (Fsp3) is 0. The summed E-state index contributed by atoms with van der Waals surface area (Å²) in [6, 6.07) is 4.70. The van der Waals surface area contributed by atoms with Crippen LogP contribution in [0.4, 0.5) is 0 Å². The molecule has 0 aliphatic carbocycles. The molecule has 0 aliphatic heterocycles. The molecular weight excluding hydrogens is 165 g/mol. The summed E-state index contributed by atoms with van der Waals surface area (Å²) in [6.07, 6.45) is 0. The van der Waals surface area contributed by atoms with Crippen molar-refractivity contribution in [2.75, 3.05) is 0 Å². The van der Waals surface area contributed by atoms with E-state index in [4.69, 9.17) is 0 Å². The molecule has 0 amide bonds. The molecular formula is C7H4LiN3O2. The molecule has 2 aromatic rings. The zero-order valence-corrected chi connectivity index (χ0v) is 6.94. The number of aromatic amines is 1. The number of hydrogen-bond acceptors (Lipinski definition) is 4. The third-order valence-electron chi connectivity index (χ3n) is 1.57. The Kier molecular flexibility index (Phi) is 2.71. The maximum absolute atomic E-state index is 10.5. The molecule has 5 nitrogen and oxygen atoms in total. The monoisotopic (exact) mass is 169 g/mol. The molecule has 0 bridgehead atoms. The molecule has 1 heterocycles. The minimum atomic E-state index is -1.24. The number of carboxylic acids is 1. The molecule has 1 N–H and O–H groups in total. The van der Waals surface area contributed by atoms with Crippen molar-refractivity contribution in [2.45, 2.75) is 0 Å². The van der Waals surface area contributed by atoms with Gasteiger partial charge in [0, 0.05) is 5.56 Å². The quantitative estimate of drug-likeness (QED) is 0.446. The van der Waals surface area contributed by atoms with Crippen LogP contribution in [0.3, 0.4) is 0 Å². The summed E-state index contributed by atoms with van der Waals surface area (Å²) in [5, 5.41) is 20.3. The van der Waals surface area contributed by atoms with E-state index in [9.17, 15) is 9.90 Å². The maximum atomic E-state index is 10.5. The zero-order valence-electron chi connectivity index (χ0n) is 6.94. The Bertz CT molecular complexity index is 440. The number of nitrogens with zero attached hydrogens (tertiary/aromatic N) is 2. The first-order chi connectivity index (χ1) is 5.79. The van der Waals surface area contributed by atoms with Gasteiger partial charge in [-0.15, -0.1) is 0 Å². The number of rotatable bonds is 1. The number of aromatic carboxylic acids is 1. The van der Waals surface area contributed by atoms with Gasteiger partial charge in [-0.3, -0.25) is 0 Å². The van der Waals surface area contributed by atoms with Crippen LogP contribution in [0.2, 0.25) is 0 Å². The third kappa shape index (κ3) is 1.57. The van der Waals surface area contributed by atoms with Gasteiger partial charge in [0.15, 0.2) is 0 Å². The zero-order chi connectivity index (χ0) is 8.55. The summed E-state index contributed by atoms with van der Waals surface area (Å²) in [5.41, 5.74) is 0.912. The van der Waals surface area contributed by atoms with Gasteiger partial charge in [0.2, 0.25) is 0 Å². The molecule has 0 unspecified atom stereocenters. The first-order valence-corrected chi connectivity index (χ1v) is 3.30. The van der Waals surface area contributed by atoms with Gasteiger partial charge < -0.3 is 9.90 Å². The molecule has 6 heteroatoms. The van der Waals surface area contributed by atoms with Gasteiger partial charge in [-0.1, -0.05) is 12.1 Å². The van der Waals surface area contributed by atoms with E-state index >= 15 is 0 Å². The number of carboxylic acid groups (broad SMARTS) is 1. The Morgan fingerprint density at radius 1 is 1.38 bits per heavy atom. The van der Waals surface area contributed by atoms with Crippen LogP contribution in [0, 0.1) is 0 Å². The first-order valence-electron chi connectivity index (χ1n) is 3.30. The Labute approximate surface area is 85.3 Å². The molecule has 0 aliphatic rings. The molecule has 0 fully saturated rings. The number of benzene rings is 1. The van der Waals surface area contributed by atoms with E-state index in [0.29, 0.717) is 11.0 Å². The molecule has 0 spiro atoms. The summed E-state index contributed by atoms with van der Waals surface area (Å²) >= 11 is 0. The molecule has 13 heavy (non-hydrogen) atoms. The molecule has 0 saturated heterocycles. The third-order valence-corrected chi connectivity index (χ3v) is 1.57. The van der Waals surface area contributed by atoms with Gasteiger partial charge in [0.1, 0.15) is 11.0 Å². The largest absolute Gasteiger partial charge is 1.00 e. The van der Waals surface area contributed by atoms with Crippen molar-refractivity contribution >= 4 is 17.0 Å². The first kappa shape index (κ1) is 9.77. The van der Waals surface area contributed by atoms with E-state index < -0.39 is 5.97 Å². The minimum Gasteiger partial charge on any atom is -0.545 e. The van der Waals surface area contributed by atoms with Crippen LogP contribution in [0.5, 0.6) is 0 Å². The molecule has 1 aromatic heterocycles. The number of fused-ring (bicyclic) bond motifs is 1. The second-order valence-electron chi connectivity index (χ2n) is 2.28. The van der Waals surface area contributed by atoms with Gasteiger partial charge in [-0.05, 0) is 6.07 Å². The van der Waals surface area contributed by atoms with Crippen LogP contribution in [0.1, 0.15) is 10.4 Å². The molecule has 0 atom stereocenters. The second kappa shape index (κ2) is 3.60. The summed E-state index contributed by atoms with van der Waals surface area (Å²) in [6.45, 7) is 0. The minimum absolute atomic E-state index is 0. The molecule has 1 aromatic carbocycles. The molecule has 60 valence electrons. The number of carbonyl (C=O) groups excluding carboxylic acids is 1. The van der Waals surface area contributed by atoms with Gasteiger partial charge in [0.05, 0.1) is 5.97 Å². The van der Waals surface area contributed by atoms with Gasteiger partial charge in [-0.25, -0.2) is 0 Å². The van der Waals surface area contributed by atoms with Gasteiger partial charge >= 0.3 is 18.9 Å². The van der Waals surface area contributed by atoms with E-state index in [1.54, 1.807) is 12.1 Å². The smallest absolute Gasteiger partial charge is 0.545 e. The van der Waals surface area contributed by atoms with Crippen molar-refractivity contribution in [3.8, 4) is 0 Å². The van der Waals surface area contributed by atoms with Crippen molar-refractivity contribution in [2.24, 2.45) is 0 Å². The number of hydrogen-bond donors (Lipinski definition) is 1. The summed E-state index contributed by atoms with van der Waals surface area (Å²) in [4.78, 5) is 10.5. The molecule has 0 radical (unpaired) electrons. The van der Waals surface area contributed by atoms with Crippen LogP contribution in [0.15, 0.2) is 18.2 Å². The SMILES string of the molecule is O=C([O-])c1cccc2n[nH]nc12.[Li+]. The number of carbonyl (C=O) groups is 1. The Morgan fingerprint density at radius 2 is 2.15 bits per heavy atom. The normalized spacial score (nSPS) is 9.54. The average molecular weight is 169 g/mol. The van der Waals surface area contributed by atoms with Crippen LogP contribution in [-0.4, -0.2) is 21.4 Å². The average Bonchev–Trinajstić information content (AvgIpc) is 2.49. The predicted molar refractivity (Wildman–Crippen MR) is 38.2 cm³/mol. The van der Waals surface area contributed by atoms with E-state index in [-0.39, 0.29) is 24.4 Å². The van der Waals surface area contributed by atoms with E-state index in [2.05, 4.69) is 15.4 Å². The topological polar surface area (TPSA) is 81.7 Å². The van der Waals surface area contributed by atoms with Crippen molar-refractivity contribution in [1.29, 1.82) is 0 Å². The van der Waals surface area contributed by atoms with Crippen molar-refractivity contribution in [3.05, 3.63) is 23.8 Å². The second-order valence-corrected chi connectivity index (χ2v) is 2.28. The molecule has 2 rings (SSSR count). The van der Waals surface area contributed by atoms with Crippen LogP contribution < -0.4 is 24.0 Å². The number of nitrogens with one attached hydrogen (secondary N) is 1. The van der Waals surface area contributed by atoms with Crippen molar-refractivity contribution in [3.63, 3.8) is 0 Å². The van der Waals surface area contributed by atoms with Gasteiger partial charge in [-0.2, -0.15) is 15.4 Å². The molecule has 0 saturated carbocycles. The fourth-order valence-electron chi connectivity index (χ4n) is 1.03.